The molecule has 4 heteroatoms. The molecular weight excluding hydrogens is 206 g/mol. The number of carbonyl (C=O) groups excluding carboxylic acids is 1. The molecule has 1 heterocycles. The number of carbonyl (C=O) groups is 1. The van der Waals surface area contributed by atoms with Crippen LogP contribution in [0.25, 0.3) is 0 Å². The summed E-state index contributed by atoms with van der Waals surface area (Å²) in [5.41, 5.74) is -0.491. The SMILES string of the molecule is CC(C)(C)OC(=O)N[C@H]([C@H]1CO1)C(C)(C)C. The van der Waals surface area contributed by atoms with Crippen molar-refractivity contribution in [1.29, 1.82) is 0 Å². The summed E-state index contributed by atoms with van der Waals surface area (Å²) in [6.45, 7) is 12.5. The molecule has 0 aromatic carbocycles. The highest BCUT2D eigenvalue weighted by molar-refractivity contribution is 5.68. The highest BCUT2D eigenvalue weighted by Crippen LogP contribution is 2.29. The largest absolute Gasteiger partial charge is 0.444 e. The van der Waals surface area contributed by atoms with E-state index in [1.165, 1.54) is 0 Å². The Balaban J connectivity index is 2.53. The monoisotopic (exact) mass is 229 g/mol. The van der Waals surface area contributed by atoms with Crippen molar-refractivity contribution in [3.8, 4) is 0 Å². The van der Waals surface area contributed by atoms with E-state index in [0.717, 1.165) is 6.61 Å². The van der Waals surface area contributed by atoms with Crippen LogP contribution in [0.3, 0.4) is 0 Å². The van der Waals surface area contributed by atoms with Crippen molar-refractivity contribution in [2.24, 2.45) is 5.41 Å². The molecule has 1 N–H and O–H groups in total. The fourth-order valence-electron chi connectivity index (χ4n) is 1.55. The Labute approximate surface area is 97.7 Å². The molecule has 1 amide bonds. The van der Waals surface area contributed by atoms with E-state index in [2.05, 4.69) is 26.1 Å². The van der Waals surface area contributed by atoms with Crippen LogP contribution in [0.15, 0.2) is 0 Å². The van der Waals surface area contributed by atoms with Crippen LogP contribution in [0.1, 0.15) is 41.5 Å². The maximum absolute atomic E-state index is 11.7. The van der Waals surface area contributed by atoms with Gasteiger partial charge in [0.15, 0.2) is 0 Å². The second kappa shape index (κ2) is 4.24. The van der Waals surface area contributed by atoms with Crippen molar-refractivity contribution in [3.63, 3.8) is 0 Å². The summed E-state index contributed by atoms with van der Waals surface area (Å²) in [6, 6.07) is 0.00218. The van der Waals surface area contributed by atoms with E-state index in [9.17, 15) is 4.79 Å². The number of hydrogen-bond donors (Lipinski definition) is 1. The molecule has 0 unspecified atom stereocenters. The van der Waals surface area contributed by atoms with Gasteiger partial charge in [0.05, 0.1) is 12.6 Å². The predicted molar refractivity (Wildman–Crippen MR) is 62.4 cm³/mol. The Bertz CT molecular complexity index is 258. The van der Waals surface area contributed by atoms with Gasteiger partial charge < -0.3 is 14.8 Å². The summed E-state index contributed by atoms with van der Waals surface area (Å²) in [5, 5.41) is 2.89. The smallest absolute Gasteiger partial charge is 0.407 e. The van der Waals surface area contributed by atoms with Gasteiger partial charge >= 0.3 is 6.09 Å². The lowest BCUT2D eigenvalue weighted by molar-refractivity contribution is 0.0445. The van der Waals surface area contributed by atoms with E-state index < -0.39 is 5.60 Å². The fourth-order valence-corrected chi connectivity index (χ4v) is 1.55. The van der Waals surface area contributed by atoms with Gasteiger partial charge in [0.2, 0.25) is 0 Å². The molecule has 0 bridgehead atoms. The molecule has 0 radical (unpaired) electrons. The first-order chi connectivity index (χ1) is 7.09. The summed E-state index contributed by atoms with van der Waals surface area (Å²) in [4.78, 5) is 11.7. The van der Waals surface area contributed by atoms with Crippen molar-refractivity contribution in [3.05, 3.63) is 0 Å². The molecule has 0 aliphatic carbocycles. The van der Waals surface area contributed by atoms with E-state index in [1.54, 1.807) is 0 Å². The van der Waals surface area contributed by atoms with Gasteiger partial charge in [-0.2, -0.15) is 0 Å². The van der Waals surface area contributed by atoms with Gasteiger partial charge in [-0.05, 0) is 26.2 Å². The van der Waals surface area contributed by atoms with Crippen molar-refractivity contribution in [2.75, 3.05) is 6.61 Å². The minimum atomic E-state index is -0.461. The number of nitrogens with one attached hydrogen (secondary N) is 1. The Hall–Kier alpha value is -0.770. The molecule has 4 nitrogen and oxygen atoms in total. The van der Waals surface area contributed by atoms with Gasteiger partial charge in [-0.15, -0.1) is 0 Å². The third-order valence-electron chi connectivity index (χ3n) is 2.34. The van der Waals surface area contributed by atoms with Crippen LogP contribution in [0.2, 0.25) is 0 Å². The van der Waals surface area contributed by atoms with Crippen LogP contribution >= 0.6 is 0 Å². The number of rotatable bonds is 2. The molecule has 0 saturated carbocycles. The second-order valence-corrected chi connectivity index (χ2v) is 6.36. The average Bonchev–Trinajstić information content (AvgIpc) is 2.76. The number of ether oxygens (including phenoxy) is 2. The molecule has 1 aliphatic heterocycles. The van der Waals surface area contributed by atoms with Crippen LogP contribution in [0, 0.1) is 5.41 Å². The summed E-state index contributed by atoms with van der Waals surface area (Å²) in [6.07, 6.45) is -0.240. The van der Waals surface area contributed by atoms with Gasteiger partial charge in [0, 0.05) is 0 Å². The van der Waals surface area contributed by atoms with Crippen LogP contribution in [-0.4, -0.2) is 30.4 Å². The molecular formula is C12H23NO3. The molecule has 16 heavy (non-hydrogen) atoms. The van der Waals surface area contributed by atoms with Crippen molar-refractivity contribution >= 4 is 6.09 Å². The van der Waals surface area contributed by atoms with Gasteiger partial charge in [-0.25, -0.2) is 4.79 Å². The van der Waals surface area contributed by atoms with Crippen LogP contribution in [-0.2, 0) is 9.47 Å². The molecule has 1 aliphatic rings. The molecule has 0 spiro atoms. The van der Waals surface area contributed by atoms with Crippen LogP contribution in [0.5, 0.6) is 0 Å². The Morgan fingerprint density at radius 1 is 1.31 bits per heavy atom. The zero-order valence-corrected chi connectivity index (χ0v) is 11.1. The van der Waals surface area contributed by atoms with Crippen LogP contribution in [0.4, 0.5) is 4.79 Å². The van der Waals surface area contributed by atoms with E-state index >= 15 is 0 Å². The molecule has 1 rings (SSSR count). The molecule has 2 atom stereocenters. The minimum Gasteiger partial charge on any atom is -0.444 e. The van der Waals surface area contributed by atoms with E-state index in [1.807, 2.05) is 20.8 Å². The standard InChI is InChI=1S/C12H23NO3/c1-11(2,3)9(8-7-15-8)13-10(14)16-12(4,5)6/h8-9H,7H2,1-6H3,(H,13,14)/t8-,9-/m1/s1. The van der Waals surface area contributed by atoms with Crippen molar-refractivity contribution in [2.45, 2.75) is 59.3 Å². The van der Waals surface area contributed by atoms with E-state index in [4.69, 9.17) is 9.47 Å². The maximum atomic E-state index is 11.7. The highest BCUT2D eigenvalue weighted by atomic mass is 16.6. The predicted octanol–water partition coefficient (Wildman–Crippen LogP) is 2.32. The zero-order valence-electron chi connectivity index (χ0n) is 11.1. The first kappa shape index (κ1) is 13.3. The van der Waals surface area contributed by atoms with E-state index in [0.29, 0.717) is 0 Å². The molecule has 1 saturated heterocycles. The third-order valence-corrected chi connectivity index (χ3v) is 2.34. The van der Waals surface area contributed by atoms with Crippen molar-refractivity contribution < 1.29 is 14.3 Å². The quantitative estimate of drug-likeness (QED) is 0.739. The normalized spacial score (nSPS) is 22.5. The second-order valence-electron chi connectivity index (χ2n) is 6.36. The maximum Gasteiger partial charge on any atom is 0.407 e. The first-order valence-corrected chi connectivity index (χ1v) is 5.71. The van der Waals surface area contributed by atoms with Crippen molar-refractivity contribution in [1.82, 2.24) is 5.32 Å². The number of hydrogen-bond acceptors (Lipinski definition) is 3. The summed E-state index contributed by atoms with van der Waals surface area (Å²) in [7, 11) is 0. The van der Waals surface area contributed by atoms with Gasteiger partial charge in [0.25, 0.3) is 0 Å². The van der Waals surface area contributed by atoms with Gasteiger partial charge in [0.1, 0.15) is 11.7 Å². The Morgan fingerprint density at radius 3 is 2.12 bits per heavy atom. The summed E-state index contributed by atoms with van der Waals surface area (Å²) >= 11 is 0. The number of alkyl carbamates (subject to hydrolysis) is 1. The zero-order chi connectivity index (χ0) is 12.6. The van der Waals surface area contributed by atoms with Gasteiger partial charge in [-0.3, -0.25) is 0 Å². The topological polar surface area (TPSA) is 50.9 Å². The lowest BCUT2D eigenvalue weighted by atomic mass is 9.85. The first-order valence-electron chi connectivity index (χ1n) is 5.71. The fraction of sp³-hybridized carbons (Fsp3) is 0.917. The molecule has 1 fully saturated rings. The Kier molecular flexibility index (Phi) is 3.53. The molecule has 94 valence electrons. The van der Waals surface area contributed by atoms with Gasteiger partial charge in [-0.1, -0.05) is 20.8 Å². The van der Waals surface area contributed by atoms with E-state index in [-0.39, 0.29) is 23.7 Å². The summed E-state index contributed by atoms with van der Waals surface area (Å²) < 4.78 is 10.5. The lowest BCUT2D eigenvalue weighted by Gasteiger charge is -2.31. The molecule has 0 aromatic rings. The number of epoxide rings is 1. The molecule has 0 aromatic heterocycles. The van der Waals surface area contributed by atoms with Crippen LogP contribution < -0.4 is 5.32 Å². The number of amides is 1. The summed E-state index contributed by atoms with van der Waals surface area (Å²) in [5.74, 6) is 0. The third kappa shape index (κ3) is 4.39. The average molecular weight is 229 g/mol. The Morgan fingerprint density at radius 2 is 1.81 bits per heavy atom. The lowest BCUT2D eigenvalue weighted by Crippen LogP contribution is -2.49. The highest BCUT2D eigenvalue weighted by Gasteiger charge is 2.41. The minimum absolute atomic E-state index is 0.00218.